The molecule has 2 aliphatic heterocycles. The van der Waals surface area contributed by atoms with Gasteiger partial charge in [-0.1, -0.05) is 6.07 Å². The molecule has 1 fully saturated rings. The van der Waals surface area contributed by atoms with Gasteiger partial charge < -0.3 is 24.1 Å². The predicted molar refractivity (Wildman–Crippen MR) is 102 cm³/mol. The van der Waals surface area contributed by atoms with Crippen molar-refractivity contribution in [3.05, 3.63) is 47.3 Å². The first-order valence-electron chi connectivity index (χ1n) is 9.65. The van der Waals surface area contributed by atoms with Crippen LogP contribution in [0, 0.1) is 0 Å². The van der Waals surface area contributed by atoms with Crippen LogP contribution in [0.1, 0.15) is 45.7 Å². The summed E-state index contributed by atoms with van der Waals surface area (Å²) in [6.07, 6.45) is 4.11. The van der Waals surface area contributed by atoms with E-state index in [9.17, 15) is 14.4 Å². The molecule has 0 radical (unpaired) electrons. The zero-order valence-electron chi connectivity index (χ0n) is 15.9. The fourth-order valence-corrected chi connectivity index (χ4v) is 3.41. The molecule has 1 saturated heterocycles. The van der Waals surface area contributed by atoms with E-state index in [1.165, 1.54) is 12.3 Å². The molecule has 0 unspecified atom stereocenters. The Morgan fingerprint density at radius 2 is 1.86 bits per heavy atom. The van der Waals surface area contributed by atoms with Gasteiger partial charge in [-0.15, -0.1) is 0 Å². The molecule has 8 nitrogen and oxygen atoms in total. The summed E-state index contributed by atoms with van der Waals surface area (Å²) in [6, 6.07) is 7.02. The minimum atomic E-state index is -0.458. The van der Waals surface area contributed by atoms with Gasteiger partial charge in [-0.3, -0.25) is 14.4 Å². The molecule has 1 aromatic carbocycles. The number of benzene rings is 1. The van der Waals surface area contributed by atoms with Crippen molar-refractivity contribution in [3.8, 4) is 11.5 Å². The quantitative estimate of drug-likeness (QED) is 0.568. The molecule has 0 aliphatic carbocycles. The van der Waals surface area contributed by atoms with Gasteiger partial charge in [-0.25, -0.2) is 0 Å². The van der Waals surface area contributed by atoms with E-state index >= 15 is 0 Å². The second-order valence-corrected chi connectivity index (χ2v) is 7.07. The summed E-state index contributed by atoms with van der Waals surface area (Å²) in [5, 5.41) is 0. The first-order valence-corrected chi connectivity index (χ1v) is 9.65. The molecule has 29 heavy (non-hydrogen) atoms. The monoisotopic (exact) mass is 398 g/mol. The van der Waals surface area contributed by atoms with Gasteiger partial charge in [0.2, 0.25) is 12.6 Å². The number of likely N-dealkylation sites (tertiary alicyclic amines) is 1. The average molecular weight is 398 g/mol. The van der Waals surface area contributed by atoms with Crippen LogP contribution < -0.4 is 9.47 Å². The predicted octanol–water partition coefficient (Wildman–Crippen LogP) is 2.34. The lowest BCUT2D eigenvalue weighted by Gasteiger charge is -2.13. The van der Waals surface area contributed by atoms with Crippen LogP contribution >= 0.6 is 0 Å². The zero-order chi connectivity index (χ0) is 20.2. The van der Waals surface area contributed by atoms with E-state index in [0.717, 1.165) is 31.5 Å². The number of rotatable bonds is 7. The highest BCUT2D eigenvalue weighted by Crippen LogP contribution is 2.32. The Kier molecular flexibility index (Phi) is 5.50. The summed E-state index contributed by atoms with van der Waals surface area (Å²) >= 11 is 0. The summed E-state index contributed by atoms with van der Waals surface area (Å²) in [4.78, 5) is 41.2. The van der Waals surface area contributed by atoms with Gasteiger partial charge in [0, 0.05) is 31.3 Å². The Bertz CT molecular complexity index is 929. The van der Waals surface area contributed by atoms with Crippen molar-refractivity contribution in [1.29, 1.82) is 0 Å². The molecule has 1 amide bonds. The third kappa shape index (κ3) is 4.42. The Hall–Kier alpha value is -3.29. The van der Waals surface area contributed by atoms with E-state index in [1.54, 1.807) is 11.0 Å². The molecule has 0 bridgehead atoms. The highest BCUT2D eigenvalue weighted by molar-refractivity contribution is 6.01. The van der Waals surface area contributed by atoms with Crippen LogP contribution in [0.4, 0.5) is 0 Å². The Balaban J connectivity index is 1.24. The second-order valence-electron chi connectivity index (χ2n) is 7.07. The van der Waals surface area contributed by atoms with Gasteiger partial charge in [0.15, 0.2) is 18.1 Å². The Morgan fingerprint density at radius 1 is 1.07 bits per heavy atom. The summed E-state index contributed by atoms with van der Waals surface area (Å²) in [5.74, 6) is 0.439. The van der Waals surface area contributed by atoms with E-state index < -0.39 is 5.97 Å². The van der Waals surface area contributed by atoms with Crippen LogP contribution in [0.15, 0.2) is 30.5 Å². The number of ketones is 1. The molecule has 8 heteroatoms. The summed E-state index contributed by atoms with van der Waals surface area (Å²) in [6.45, 7) is 1.33. The lowest BCUT2D eigenvalue weighted by atomic mass is 10.1. The maximum absolute atomic E-state index is 12.3. The topological polar surface area (TPSA) is 97.9 Å². The molecule has 0 saturated carbocycles. The van der Waals surface area contributed by atoms with Crippen LogP contribution in [-0.2, 0) is 16.0 Å². The lowest BCUT2D eigenvalue weighted by Crippen LogP contribution is -2.27. The minimum Gasteiger partial charge on any atom is -0.457 e. The number of carbonyl (C=O) groups is 3. The molecule has 1 aromatic heterocycles. The molecule has 152 valence electrons. The van der Waals surface area contributed by atoms with E-state index in [1.807, 2.05) is 12.1 Å². The maximum atomic E-state index is 12.3. The van der Waals surface area contributed by atoms with Crippen LogP contribution in [0.3, 0.4) is 0 Å². The molecule has 3 heterocycles. The van der Waals surface area contributed by atoms with Gasteiger partial charge in [0.05, 0.1) is 0 Å². The summed E-state index contributed by atoms with van der Waals surface area (Å²) in [7, 11) is 0. The highest BCUT2D eigenvalue weighted by atomic mass is 16.7. The van der Waals surface area contributed by atoms with Gasteiger partial charge in [0.1, 0.15) is 5.69 Å². The van der Waals surface area contributed by atoms with E-state index in [2.05, 4.69) is 4.98 Å². The molecular weight excluding hydrogens is 376 g/mol. The van der Waals surface area contributed by atoms with Gasteiger partial charge in [0.25, 0.3) is 5.91 Å². The van der Waals surface area contributed by atoms with Gasteiger partial charge in [-0.2, -0.15) is 0 Å². The SMILES string of the molecule is O=C(CCc1ccc2c(c1)OCO2)OCC(=O)c1c[nH]c(C(=O)N2CCCC2)c1. The Morgan fingerprint density at radius 3 is 2.69 bits per heavy atom. The van der Waals surface area contributed by atoms with Crippen LogP contribution in [0.25, 0.3) is 0 Å². The summed E-state index contributed by atoms with van der Waals surface area (Å²) < 4.78 is 15.7. The molecule has 2 aromatic rings. The number of fused-ring (bicyclic) bond motifs is 1. The second kappa shape index (κ2) is 8.38. The molecule has 2 aliphatic rings. The first-order chi connectivity index (χ1) is 14.1. The average Bonchev–Trinajstić information content (AvgIpc) is 3.50. The summed E-state index contributed by atoms with van der Waals surface area (Å²) in [5.41, 5.74) is 1.63. The standard InChI is InChI=1S/C21H22N2O6/c24-17(15-10-16(22-11-15)21(26)23-7-1-2-8-23)12-27-20(25)6-4-14-3-5-18-19(9-14)29-13-28-18/h3,5,9-11,22H,1-2,4,6-8,12-13H2. The number of amides is 1. The van der Waals surface area contributed by atoms with Crippen molar-refractivity contribution in [3.63, 3.8) is 0 Å². The van der Waals surface area contributed by atoms with Crippen LogP contribution in [-0.4, -0.2) is 54.0 Å². The smallest absolute Gasteiger partial charge is 0.306 e. The molecule has 0 atom stereocenters. The zero-order valence-corrected chi connectivity index (χ0v) is 15.9. The number of hydrogen-bond donors (Lipinski definition) is 1. The number of nitrogens with one attached hydrogen (secondary N) is 1. The third-order valence-corrected chi connectivity index (χ3v) is 5.05. The largest absolute Gasteiger partial charge is 0.457 e. The third-order valence-electron chi connectivity index (χ3n) is 5.05. The number of Topliss-reactive ketones (excluding diaryl/α,β-unsaturated/α-hetero) is 1. The number of hydrogen-bond acceptors (Lipinski definition) is 6. The van der Waals surface area contributed by atoms with Crippen molar-refractivity contribution in [2.24, 2.45) is 0 Å². The van der Waals surface area contributed by atoms with Crippen molar-refractivity contribution in [2.45, 2.75) is 25.7 Å². The number of aryl methyl sites for hydroxylation is 1. The number of nitrogens with zero attached hydrogens (tertiary/aromatic N) is 1. The highest BCUT2D eigenvalue weighted by Gasteiger charge is 2.22. The Labute approximate surface area is 167 Å². The number of esters is 1. The van der Waals surface area contributed by atoms with Crippen molar-refractivity contribution < 1.29 is 28.6 Å². The van der Waals surface area contributed by atoms with E-state index in [-0.39, 0.29) is 31.5 Å². The van der Waals surface area contributed by atoms with Crippen LogP contribution in [0.2, 0.25) is 0 Å². The maximum Gasteiger partial charge on any atom is 0.306 e. The van der Waals surface area contributed by atoms with E-state index in [4.69, 9.17) is 14.2 Å². The number of ether oxygens (including phenoxy) is 3. The van der Waals surface area contributed by atoms with Crippen molar-refractivity contribution in [1.82, 2.24) is 9.88 Å². The fourth-order valence-electron chi connectivity index (χ4n) is 3.41. The molecule has 4 rings (SSSR count). The lowest BCUT2D eigenvalue weighted by molar-refractivity contribution is -0.142. The number of aromatic amines is 1. The minimum absolute atomic E-state index is 0.109. The number of aromatic nitrogens is 1. The van der Waals surface area contributed by atoms with Crippen molar-refractivity contribution >= 4 is 17.7 Å². The van der Waals surface area contributed by atoms with Crippen LogP contribution in [0.5, 0.6) is 11.5 Å². The number of carbonyl (C=O) groups excluding carboxylic acids is 3. The molecule has 1 N–H and O–H groups in total. The van der Waals surface area contributed by atoms with Gasteiger partial charge in [-0.05, 0) is 43.0 Å². The van der Waals surface area contributed by atoms with Crippen molar-refractivity contribution in [2.75, 3.05) is 26.5 Å². The van der Waals surface area contributed by atoms with E-state index in [0.29, 0.717) is 29.2 Å². The molecular formula is C21H22N2O6. The number of H-pyrrole nitrogens is 1. The fraction of sp³-hybridized carbons (Fsp3) is 0.381. The van der Waals surface area contributed by atoms with Gasteiger partial charge >= 0.3 is 5.97 Å². The first kappa shape index (κ1) is 19.0. The molecule has 0 spiro atoms. The normalized spacial score (nSPS) is 14.8.